The molecule has 1 aromatic rings. The van der Waals surface area contributed by atoms with Gasteiger partial charge < -0.3 is 24.9 Å². The van der Waals surface area contributed by atoms with Crippen LogP contribution in [0.3, 0.4) is 0 Å². The molecule has 27 heavy (non-hydrogen) atoms. The Bertz CT molecular complexity index is 672. The molecular formula is C17H28N4O6. The number of aryl methyl sites for hydroxylation is 1. The van der Waals surface area contributed by atoms with Gasteiger partial charge in [0.05, 0.1) is 6.54 Å². The van der Waals surface area contributed by atoms with Crippen molar-refractivity contribution in [2.75, 3.05) is 0 Å². The number of hydrogen-bond donors (Lipinski definition) is 1. The van der Waals surface area contributed by atoms with Crippen LogP contribution in [-0.2, 0) is 20.8 Å². The first-order chi connectivity index (χ1) is 12.3. The molecule has 0 saturated carbocycles. The van der Waals surface area contributed by atoms with Crippen LogP contribution < -0.4 is 5.32 Å². The summed E-state index contributed by atoms with van der Waals surface area (Å²) in [4.78, 5) is 38.4. The van der Waals surface area contributed by atoms with Gasteiger partial charge in [-0.05, 0) is 59.3 Å². The highest BCUT2D eigenvalue weighted by Crippen LogP contribution is 2.14. The summed E-state index contributed by atoms with van der Waals surface area (Å²) in [6.07, 6.45) is 2.71. The number of ether oxygens (including phenoxy) is 2. The third-order valence-corrected chi connectivity index (χ3v) is 3.13. The van der Waals surface area contributed by atoms with Crippen LogP contribution in [0.25, 0.3) is 0 Å². The van der Waals surface area contributed by atoms with Gasteiger partial charge in [0.25, 0.3) is 0 Å². The van der Waals surface area contributed by atoms with Crippen LogP contribution in [0.15, 0.2) is 12.4 Å². The maximum absolute atomic E-state index is 12.4. The number of esters is 1. The summed E-state index contributed by atoms with van der Waals surface area (Å²) >= 11 is 0. The van der Waals surface area contributed by atoms with Gasteiger partial charge in [-0.3, -0.25) is 0 Å². The zero-order valence-corrected chi connectivity index (χ0v) is 16.6. The Balaban J connectivity index is 2.75. The number of imidazole rings is 1. The Hall–Kier alpha value is -2.65. The number of amides is 1. The average Bonchev–Trinajstić information content (AvgIpc) is 2.90. The first-order valence-corrected chi connectivity index (χ1v) is 8.66. The smallest absolute Gasteiger partial charge is 0.434 e. The summed E-state index contributed by atoms with van der Waals surface area (Å²) < 4.78 is 11.9. The van der Waals surface area contributed by atoms with E-state index in [1.165, 1.54) is 17.0 Å². The Labute approximate surface area is 158 Å². The molecule has 0 aliphatic carbocycles. The molecule has 1 aromatic heterocycles. The van der Waals surface area contributed by atoms with Gasteiger partial charge in [0.2, 0.25) is 0 Å². The molecular weight excluding hydrogens is 356 g/mol. The van der Waals surface area contributed by atoms with Gasteiger partial charge in [0.15, 0.2) is 0 Å². The number of carbonyl (C=O) groups excluding carboxylic acids is 2. The number of hydrogen-bond acceptors (Lipinski definition) is 7. The van der Waals surface area contributed by atoms with Crippen LogP contribution in [0.2, 0.25) is 0 Å². The van der Waals surface area contributed by atoms with Crippen molar-refractivity contribution in [3.8, 4) is 0 Å². The first kappa shape index (κ1) is 22.4. The fraction of sp³-hybridized carbons (Fsp3) is 0.706. The summed E-state index contributed by atoms with van der Waals surface area (Å²) in [6, 6.07) is -0.929. The largest absolute Gasteiger partial charge is 0.458 e. The molecule has 10 nitrogen and oxygen atoms in total. The van der Waals surface area contributed by atoms with Crippen molar-refractivity contribution in [2.24, 2.45) is 0 Å². The standard InChI is InChI=1S/C17H28N4O6/c1-16(2,3)26-13(22)12(19-15(23)27-17(4,5)6)8-7-10-20-11-9-18-14(20)21(24)25/h9,11-12H,7-8,10H2,1-6H3,(H,19,23)/t12-/m1/s1. The fourth-order valence-corrected chi connectivity index (χ4v) is 2.19. The maximum atomic E-state index is 12.4. The molecule has 1 atom stereocenters. The zero-order chi connectivity index (χ0) is 20.8. The molecule has 0 aliphatic heterocycles. The number of aromatic nitrogens is 2. The van der Waals surface area contributed by atoms with Crippen molar-refractivity contribution in [1.82, 2.24) is 14.9 Å². The zero-order valence-electron chi connectivity index (χ0n) is 16.6. The second-order valence-corrected chi connectivity index (χ2v) is 8.05. The molecule has 0 saturated heterocycles. The lowest BCUT2D eigenvalue weighted by Gasteiger charge is -2.26. The first-order valence-electron chi connectivity index (χ1n) is 8.66. The molecule has 0 radical (unpaired) electrons. The van der Waals surface area contributed by atoms with Crippen LogP contribution in [0.1, 0.15) is 54.4 Å². The minimum atomic E-state index is -0.929. The van der Waals surface area contributed by atoms with Gasteiger partial charge in [-0.15, -0.1) is 0 Å². The van der Waals surface area contributed by atoms with E-state index in [-0.39, 0.29) is 18.9 Å². The van der Waals surface area contributed by atoms with Gasteiger partial charge in [-0.2, -0.15) is 0 Å². The molecule has 1 amide bonds. The molecule has 1 N–H and O–H groups in total. The van der Waals surface area contributed by atoms with Crippen LogP contribution in [0.5, 0.6) is 0 Å². The summed E-state index contributed by atoms with van der Waals surface area (Å²) in [5.74, 6) is -0.864. The summed E-state index contributed by atoms with van der Waals surface area (Å²) in [7, 11) is 0. The third kappa shape index (κ3) is 8.52. The van der Waals surface area contributed by atoms with Crippen molar-refractivity contribution >= 4 is 18.0 Å². The minimum Gasteiger partial charge on any atom is -0.458 e. The highest BCUT2D eigenvalue weighted by atomic mass is 16.6. The predicted molar refractivity (Wildman–Crippen MR) is 97.1 cm³/mol. The number of nitrogens with zero attached hydrogens (tertiary/aromatic N) is 3. The van der Waals surface area contributed by atoms with E-state index in [1.807, 2.05) is 0 Å². The van der Waals surface area contributed by atoms with E-state index in [9.17, 15) is 19.7 Å². The van der Waals surface area contributed by atoms with E-state index in [0.29, 0.717) is 6.42 Å². The van der Waals surface area contributed by atoms with Gasteiger partial charge in [-0.25, -0.2) is 14.2 Å². The molecule has 1 rings (SSSR count). The normalized spacial score (nSPS) is 13.0. The lowest BCUT2D eigenvalue weighted by molar-refractivity contribution is -0.396. The van der Waals surface area contributed by atoms with Crippen molar-refractivity contribution in [3.05, 3.63) is 22.5 Å². The summed E-state index contributed by atoms with van der Waals surface area (Å²) in [5.41, 5.74) is -1.42. The number of alkyl carbamates (subject to hydrolysis) is 1. The Morgan fingerprint density at radius 2 is 1.81 bits per heavy atom. The second kappa shape index (κ2) is 8.83. The molecule has 0 spiro atoms. The van der Waals surface area contributed by atoms with Crippen LogP contribution in [-0.4, -0.2) is 43.8 Å². The average molecular weight is 384 g/mol. The quantitative estimate of drug-likeness (QED) is 0.435. The Morgan fingerprint density at radius 3 is 2.33 bits per heavy atom. The van der Waals surface area contributed by atoms with E-state index in [0.717, 1.165) is 0 Å². The van der Waals surface area contributed by atoms with Crippen molar-refractivity contribution in [1.29, 1.82) is 0 Å². The third-order valence-electron chi connectivity index (χ3n) is 3.13. The van der Waals surface area contributed by atoms with Gasteiger partial charge >= 0.3 is 18.0 Å². The number of nitrogens with one attached hydrogen (secondary N) is 1. The molecule has 1 heterocycles. The van der Waals surface area contributed by atoms with Crippen LogP contribution in [0, 0.1) is 10.1 Å². The predicted octanol–water partition coefficient (Wildman–Crippen LogP) is 2.81. The van der Waals surface area contributed by atoms with E-state index in [2.05, 4.69) is 10.3 Å². The maximum Gasteiger partial charge on any atom is 0.434 e. The minimum absolute atomic E-state index is 0.226. The lowest BCUT2D eigenvalue weighted by atomic mass is 10.1. The van der Waals surface area contributed by atoms with Crippen molar-refractivity contribution in [3.63, 3.8) is 0 Å². The molecule has 0 aliphatic rings. The molecule has 0 aromatic carbocycles. The topological polar surface area (TPSA) is 126 Å². The summed E-state index contributed by atoms with van der Waals surface area (Å²) in [6.45, 7) is 10.6. The van der Waals surface area contributed by atoms with Crippen molar-refractivity contribution < 1.29 is 24.0 Å². The Kier molecular flexibility index (Phi) is 7.32. The van der Waals surface area contributed by atoms with Gasteiger partial charge in [0.1, 0.15) is 29.6 Å². The number of carbonyl (C=O) groups is 2. The van der Waals surface area contributed by atoms with Crippen molar-refractivity contribution in [2.45, 2.75) is 78.2 Å². The van der Waals surface area contributed by atoms with Crippen LogP contribution >= 0.6 is 0 Å². The molecule has 152 valence electrons. The Morgan fingerprint density at radius 1 is 1.22 bits per heavy atom. The molecule has 0 fully saturated rings. The molecule has 0 bridgehead atoms. The lowest BCUT2D eigenvalue weighted by Crippen LogP contribution is -2.46. The van der Waals surface area contributed by atoms with E-state index in [1.54, 1.807) is 41.5 Å². The van der Waals surface area contributed by atoms with Gasteiger partial charge in [0, 0.05) is 0 Å². The SMILES string of the molecule is CC(C)(C)OC(=O)N[C@H](CCCn1ccnc1[N+](=O)[O-])C(=O)OC(C)(C)C. The highest BCUT2D eigenvalue weighted by Gasteiger charge is 2.28. The van der Waals surface area contributed by atoms with Gasteiger partial charge in [-0.1, -0.05) is 4.98 Å². The van der Waals surface area contributed by atoms with E-state index < -0.39 is 34.2 Å². The second-order valence-electron chi connectivity index (χ2n) is 8.05. The number of nitro groups is 1. The monoisotopic (exact) mass is 384 g/mol. The molecule has 0 unspecified atom stereocenters. The molecule has 10 heteroatoms. The van der Waals surface area contributed by atoms with Crippen LogP contribution in [0.4, 0.5) is 10.7 Å². The number of rotatable bonds is 7. The summed E-state index contributed by atoms with van der Waals surface area (Å²) in [5, 5.41) is 13.4. The fourth-order valence-electron chi connectivity index (χ4n) is 2.19. The van der Waals surface area contributed by atoms with E-state index in [4.69, 9.17) is 9.47 Å². The van der Waals surface area contributed by atoms with E-state index >= 15 is 0 Å². The highest BCUT2D eigenvalue weighted by molar-refractivity contribution is 5.81.